The van der Waals surface area contributed by atoms with Crippen LogP contribution < -0.4 is 10.1 Å². The third-order valence-electron chi connectivity index (χ3n) is 4.44. The van der Waals surface area contributed by atoms with E-state index in [1.165, 1.54) is 5.56 Å². The maximum atomic E-state index is 12.3. The highest BCUT2D eigenvalue weighted by Crippen LogP contribution is 2.19. The van der Waals surface area contributed by atoms with Crippen LogP contribution in [0, 0.1) is 0 Å². The predicted octanol–water partition coefficient (Wildman–Crippen LogP) is 2.41. The quantitative estimate of drug-likeness (QED) is 0.750. The maximum absolute atomic E-state index is 12.3. The molecule has 0 aromatic heterocycles. The lowest BCUT2D eigenvalue weighted by molar-refractivity contribution is 0.181. The molecule has 25 heavy (non-hydrogen) atoms. The van der Waals surface area contributed by atoms with Crippen molar-refractivity contribution in [1.82, 2.24) is 10.2 Å². The predicted molar refractivity (Wildman–Crippen MR) is 98.9 cm³/mol. The first-order valence-corrected chi connectivity index (χ1v) is 10.6. The van der Waals surface area contributed by atoms with Crippen molar-refractivity contribution < 1.29 is 17.9 Å². The fourth-order valence-corrected chi connectivity index (χ4v) is 4.70. The van der Waals surface area contributed by atoms with Crippen molar-refractivity contribution in [3.8, 4) is 5.75 Å². The molecule has 2 rings (SSSR count). The molecule has 1 aliphatic heterocycles. The molecule has 0 radical (unpaired) electrons. The van der Waals surface area contributed by atoms with Crippen molar-refractivity contribution in [1.29, 1.82) is 0 Å². The van der Waals surface area contributed by atoms with Crippen LogP contribution in [0.25, 0.3) is 0 Å². The standard InChI is InChI=1S/C18H28N2O4S/c1-4-20(16-9-12-25(22,23)13-16)18(21)19-10-11-24-17-7-5-15(6-8-17)14(2)3/h5-8,14,16H,4,9-13H2,1-3H3,(H,19,21). The van der Waals surface area contributed by atoms with Crippen LogP contribution in [0.1, 0.15) is 38.7 Å². The van der Waals surface area contributed by atoms with Crippen LogP contribution in [0.15, 0.2) is 24.3 Å². The van der Waals surface area contributed by atoms with Crippen LogP contribution in [-0.4, -0.2) is 56.6 Å². The molecule has 0 bridgehead atoms. The zero-order valence-electron chi connectivity index (χ0n) is 15.2. The number of benzene rings is 1. The van der Waals surface area contributed by atoms with Crippen molar-refractivity contribution in [3.05, 3.63) is 29.8 Å². The highest BCUT2D eigenvalue weighted by atomic mass is 32.2. The van der Waals surface area contributed by atoms with Crippen LogP contribution in [-0.2, 0) is 9.84 Å². The smallest absolute Gasteiger partial charge is 0.317 e. The second kappa shape index (κ2) is 8.56. The van der Waals surface area contributed by atoms with E-state index in [1.807, 2.05) is 31.2 Å². The number of carbonyl (C=O) groups is 1. The molecule has 1 fully saturated rings. The molecule has 1 aromatic carbocycles. The molecular formula is C18H28N2O4S. The fourth-order valence-electron chi connectivity index (χ4n) is 2.97. The Hall–Kier alpha value is -1.76. The van der Waals surface area contributed by atoms with Gasteiger partial charge in [0.1, 0.15) is 12.4 Å². The number of nitrogens with zero attached hydrogens (tertiary/aromatic N) is 1. The van der Waals surface area contributed by atoms with Gasteiger partial charge >= 0.3 is 6.03 Å². The van der Waals surface area contributed by atoms with E-state index >= 15 is 0 Å². The van der Waals surface area contributed by atoms with E-state index in [1.54, 1.807) is 4.90 Å². The van der Waals surface area contributed by atoms with E-state index in [2.05, 4.69) is 19.2 Å². The molecule has 0 saturated carbocycles. The Morgan fingerprint density at radius 1 is 1.32 bits per heavy atom. The molecule has 0 spiro atoms. The van der Waals surface area contributed by atoms with E-state index in [-0.39, 0.29) is 23.6 Å². The molecule has 1 N–H and O–H groups in total. The number of urea groups is 1. The third-order valence-corrected chi connectivity index (χ3v) is 6.19. The van der Waals surface area contributed by atoms with E-state index in [9.17, 15) is 13.2 Å². The van der Waals surface area contributed by atoms with Gasteiger partial charge in [0.15, 0.2) is 9.84 Å². The lowest BCUT2D eigenvalue weighted by Crippen LogP contribution is -2.47. The van der Waals surface area contributed by atoms with Crippen LogP contribution in [0.2, 0.25) is 0 Å². The average molecular weight is 368 g/mol. The van der Waals surface area contributed by atoms with Crippen molar-refractivity contribution in [2.75, 3.05) is 31.2 Å². The Morgan fingerprint density at radius 2 is 2.00 bits per heavy atom. The first kappa shape index (κ1) is 19.6. The lowest BCUT2D eigenvalue weighted by Gasteiger charge is -2.27. The molecule has 6 nitrogen and oxygen atoms in total. The van der Waals surface area contributed by atoms with Crippen molar-refractivity contribution in [2.24, 2.45) is 0 Å². The summed E-state index contributed by atoms with van der Waals surface area (Å²) < 4.78 is 28.8. The summed E-state index contributed by atoms with van der Waals surface area (Å²) in [5.41, 5.74) is 1.26. The summed E-state index contributed by atoms with van der Waals surface area (Å²) in [6, 6.07) is 7.48. The monoisotopic (exact) mass is 368 g/mol. The minimum atomic E-state index is -3.00. The molecule has 1 aliphatic rings. The van der Waals surface area contributed by atoms with Gasteiger partial charge in [-0.15, -0.1) is 0 Å². The first-order chi connectivity index (χ1) is 11.8. The summed E-state index contributed by atoms with van der Waals surface area (Å²) in [6.45, 7) is 7.37. The van der Waals surface area contributed by atoms with Gasteiger partial charge in [0.05, 0.1) is 18.1 Å². The Bertz CT molecular complexity index is 671. The van der Waals surface area contributed by atoms with E-state index < -0.39 is 9.84 Å². The van der Waals surface area contributed by atoms with Crippen LogP contribution >= 0.6 is 0 Å². The van der Waals surface area contributed by atoms with Gasteiger partial charge in [-0.1, -0.05) is 26.0 Å². The van der Waals surface area contributed by atoms with Crippen molar-refractivity contribution in [2.45, 2.75) is 39.2 Å². The summed E-state index contributed by atoms with van der Waals surface area (Å²) in [7, 11) is -3.00. The third kappa shape index (κ3) is 5.63. The molecule has 1 saturated heterocycles. The van der Waals surface area contributed by atoms with Crippen LogP contribution in [0.5, 0.6) is 5.75 Å². The number of hydrogen-bond acceptors (Lipinski definition) is 4. The zero-order valence-corrected chi connectivity index (χ0v) is 16.0. The maximum Gasteiger partial charge on any atom is 0.317 e. The molecule has 2 amide bonds. The van der Waals surface area contributed by atoms with Crippen molar-refractivity contribution in [3.63, 3.8) is 0 Å². The normalized spacial score (nSPS) is 19.0. The molecule has 140 valence electrons. The Morgan fingerprint density at radius 3 is 2.52 bits per heavy atom. The number of carbonyl (C=O) groups excluding carboxylic acids is 1. The minimum absolute atomic E-state index is 0.0625. The summed E-state index contributed by atoms with van der Waals surface area (Å²) in [4.78, 5) is 13.9. The molecule has 1 atom stereocenters. The highest BCUT2D eigenvalue weighted by molar-refractivity contribution is 7.91. The molecule has 1 heterocycles. The molecular weight excluding hydrogens is 340 g/mol. The largest absolute Gasteiger partial charge is 0.492 e. The fraction of sp³-hybridized carbons (Fsp3) is 0.611. The second-order valence-corrected chi connectivity index (χ2v) is 8.88. The summed E-state index contributed by atoms with van der Waals surface area (Å²) in [6.07, 6.45) is 0.516. The van der Waals surface area contributed by atoms with Crippen LogP contribution in [0.3, 0.4) is 0 Å². The van der Waals surface area contributed by atoms with Gasteiger partial charge in [-0.05, 0) is 37.0 Å². The van der Waals surface area contributed by atoms with Gasteiger partial charge in [-0.2, -0.15) is 0 Å². The number of rotatable bonds is 7. The molecule has 1 unspecified atom stereocenters. The minimum Gasteiger partial charge on any atom is -0.492 e. The van der Waals surface area contributed by atoms with Gasteiger partial charge in [-0.3, -0.25) is 0 Å². The second-order valence-electron chi connectivity index (χ2n) is 6.65. The topological polar surface area (TPSA) is 75.7 Å². The Labute approximate surface area is 150 Å². The van der Waals surface area contributed by atoms with Gasteiger partial charge in [0.2, 0.25) is 0 Å². The van der Waals surface area contributed by atoms with E-state index in [4.69, 9.17) is 4.74 Å². The highest BCUT2D eigenvalue weighted by Gasteiger charge is 2.33. The van der Waals surface area contributed by atoms with E-state index in [0.717, 1.165) is 5.75 Å². The van der Waals surface area contributed by atoms with Gasteiger partial charge in [0.25, 0.3) is 0 Å². The average Bonchev–Trinajstić information content (AvgIpc) is 2.92. The number of nitrogens with one attached hydrogen (secondary N) is 1. The van der Waals surface area contributed by atoms with Gasteiger partial charge < -0.3 is 15.0 Å². The summed E-state index contributed by atoms with van der Waals surface area (Å²) >= 11 is 0. The molecule has 7 heteroatoms. The lowest BCUT2D eigenvalue weighted by atomic mass is 10.0. The Kier molecular flexibility index (Phi) is 6.70. The van der Waals surface area contributed by atoms with Gasteiger partial charge in [-0.25, -0.2) is 13.2 Å². The van der Waals surface area contributed by atoms with E-state index in [0.29, 0.717) is 32.0 Å². The summed E-state index contributed by atoms with van der Waals surface area (Å²) in [5, 5.41) is 2.80. The number of ether oxygens (including phenoxy) is 1. The van der Waals surface area contributed by atoms with Crippen molar-refractivity contribution >= 4 is 15.9 Å². The zero-order chi connectivity index (χ0) is 18.4. The molecule has 1 aromatic rings. The first-order valence-electron chi connectivity index (χ1n) is 8.80. The summed E-state index contributed by atoms with van der Waals surface area (Å²) in [5.74, 6) is 1.48. The number of amides is 2. The number of sulfone groups is 1. The van der Waals surface area contributed by atoms with Crippen LogP contribution in [0.4, 0.5) is 4.79 Å². The molecule has 0 aliphatic carbocycles. The van der Waals surface area contributed by atoms with Gasteiger partial charge in [0, 0.05) is 12.6 Å². The Balaban J connectivity index is 1.75. The number of hydrogen-bond donors (Lipinski definition) is 1. The SMILES string of the molecule is CCN(C(=O)NCCOc1ccc(C(C)C)cc1)C1CCS(=O)(=O)C1.